The topological polar surface area (TPSA) is 113 Å². The first-order valence-corrected chi connectivity index (χ1v) is 8.92. The highest BCUT2D eigenvalue weighted by atomic mass is 19.1. The monoisotopic (exact) mass is 402 g/mol. The molecular weight excluding hydrogens is 382 g/mol. The lowest BCUT2D eigenvalue weighted by Gasteiger charge is -2.07. The molecule has 0 spiro atoms. The molecule has 0 atom stereocenters. The first kappa shape index (κ1) is 20.4. The average molecular weight is 402 g/mol. The Labute approximate surface area is 165 Å². The van der Waals surface area contributed by atoms with Gasteiger partial charge in [0.05, 0.1) is 0 Å². The highest BCUT2D eigenvalue weighted by Crippen LogP contribution is 2.31. The summed E-state index contributed by atoms with van der Waals surface area (Å²) in [6.45, 7) is 1.46. The molecule has 0 radical (unpaired) electrons. The Balaban J connectivity index is 1.80. The second-order valence-corrected chi connectivity index (χ2v) is 6.23. The number of nitrogens with zero attached hydrogens (tertiary/aromatic N) is 1. The Morgan fingerprint density at radius 2 is 1.83 bits per heavy atom. The molecule has 1 amide bonds. The Bertz CT molecular complexity index is 970. The maximum atomic E-state index is 14.0. The van der Waals surface area contributed by atoms with Gasteiger partial charge in [0.1, 0.15) is 17.2 Å². The first-order valence-electron chi connectivity index (χ1n) is 8.92. The number of nitrogens with two attached hydrogens (primary N) is 1. The minimum atomic E-state index is -0.899. The van der Waals surface area contributed by atoms with Crippen LogP contribution in [0.15, 0.2) is 46.9 Å². The van der Waals surface area contributed by atoms with E-state index in [4.69, 9.17) is 15.3 Å². The second-order valence-electron chi connectivity index (χ2n) is 6.23. The summed E-state index contributed by atoms with van der Waals surface area (Å²) in [5, 5.41) is 14.8. The molecule has 0 saturated heterocycles. The molecule has 29 heavy (non-hydrogen) atoms. The molecule has 0 aliphatic heterocycles. The number of hydrogen-bond donors (Lipinski definition) is 4. The zero-order valence-electron chi connectivity index (χ0n) is 15.4. The van der Waals surface area contributed by atoms with E-state index in [9.17, 15) is 13.6 Å². The van der Waals surface area contributed by atoms with Crippen LogP contribution in [0.5, 0.6) is 0 Å². The molecule has 1 heterocycles. The summed E-state index contributed by atoms with van der Waals surface area (Å²) in [6, 6.07) is 10.5. The molecule has 0 fully saturated rings. The van der Waals surface area contributed by atoms with E-state index < -0.39 is 23.1 Å². The van der Waals surface area contributed by atoms with E-state index in [0.717, 1.165) is 17.7 Å². The van der Waals surface area contributed by atoms with Gasteiger partial charge in [-0.3, -0.25) is 4.79 Å². The zero-order chi connectivity index (χ0) is 20.8. The molecule has 0 saturated carbocycles. The molecule has 0 aliphatic rings. The summed E-state index contributed by atoms with van der Waals surface area (Å²) in [4.78, 5) is 15.6. The van der Waals surface area contributed by atoms with Crippen molar-refractivity contribution in [2.24, 2.45) is 5.73 Å². The highest BCUT2D eigenvalue weighted by molar-refractivity contribution is 5.96. The van der Waals surface area contributed by atoms with Crippen LogP contribution in [0.1, 0.15) is 22.5 Å². The molecule has 0 aliphatic carbocycles. The Kier molecular flexibility index (Phi) is 6.53. The van der Waals surface area contributed by atoms with Crippen LogP contribution in [-0.2, 0) is 6.54 Å². The van der Waals surface area contributed by atoms with Crippen LogP contribution >= 0.6 is 0 Å². The Hall–Kier alpha value is -3.30. The lowest BCUT2D eigenvalue weighted by molar-refractivity contribution is 0.0996. The van der Waals surface area contributed by atoms with Crippen molar-refractivity contribution in [2.75, 3.05) is 18.5 Å². The van der Waals surface area contributed by atoms with Crippen LogP contribution in [0.3, 0.4) is 0 Å². The van der Waals surface area contributed by atoms with E-state index >= 15 is 0 Å². The molecular formula is C20H20F2N4O3. The van der Waals surface area contributed by atoms with Gasteiger partial charge in [0, 0.05) is 18.8 Å². The van der Waals surface area contributed by atoms with Gasteiger partial charge in [0.15, 0.2) is 5.69 Å². The fraction of sp³-hybridized carbons (Fsp3) is 0.200. The summed E-state index contributed by atoms with van der Waals surface area (Å²) in [7, 11) is 0. The van der Waals surface area contributed by atoms with Crippen molar-refractivity contribution in [1.29, 1.82) is 0 Å². The van der Waals surface area contributed by atoms with Gasteiger partial charge in [-0.25, -0.2) is 13.8 Å². The lowest BCUT2D eigenvalue weighted by Crippen LogP contribution is -2.15. The molecule has 3 rings (SSSR count). The number of rotatable bonds is 9. The number of aliphatic hydroxyl groups excluding tert-OH is 1. The van der Waals surface area contributed by atoms with Crippen molar-refractivity contribution >= 4 is 17.5 Å². The zero-order valence-corrected chi connectivity index (χ0v) is 15.4. The van der Waals surface area contributed by atoms with Crippen LogP contribution in [0.4, 0.5) is 20.4 Å². The third-order valence-corrected chi connectivity index (χ3v) is 4.09. The van der Waals surface area contributed by atoms with Crippen LogP contribution in [0.25, 0.3) is 11.5 Å². The molecule has 9 heteroatoms. The van der Waals surface area contributed by atoms with Crippen molar-refractivity contribution < 1.29 is 23.1 Å². The Morgan fingerprint density at radius 3 is 2.45 bits per heavy atom. The number of hydrogen-bond acceptors (Lipinski definition) is 6. The number of primary amides is 1. The number of nitrogens with one attached hydrogen (secondary N) is 2. The number of anilines is 2. The molecule has 7 nitrogen and oxygen atoms in total. The Morgan fingerprint density at radius 1 is 1.14 bits per heavy atom. The predicted molar refractivity (Wildman–Crippen MR) is 104 cm³/mol. The van der Waals surface area contributed by atoms with Crippen LogP contribution in [0.2, 0.25) is 0 Å². The lowest BCUT2D eigenvalue weighted by atomic mass is 10.2. The number of aliphatic hydroxyl groups is 1. The van der Waals surface area contributed by atoms with E-state index in [1.54, 1.807) is 12.1 Å². The van der Waals surface area contributed by atoms with Crippen molar-refractivity contribution in [1.82, 2.24) is 10.3 Å². The third kappa shape index (κ3) is 4.95. The maximum absolute atomic E-state index is 14.0. The number of oxazole rings is 1. The molecule has 152 valence electrons. The van der Waals surface area contributed by atoms with Gasteiger partial charge in [0.25, 0.3) is 5.91 Å². The van der Waals surface area contributed by atoms with Crippen molar-refractivity contribution in [2.45, 2.75) is 13.0 Å². The molecule has 3 aromatic rings. The quantitative estimate of drug-likeness (QED) is 0.409. The van der Waals surface area contributed by atoms with E-state index in [-0.39, 0.29) is 24.1 Å². The van der Waals surface area contributed by atoms with Crippen molar-refractivity contribution in [3.8, 4) is 11.5 Å². The average Bonchev–Trinajstić information content (AvgIpc) is 3.10. The van der Waals surface area contributed by atoms with Crippen molar-refractivity contribution in [3.05, 3.63) is 65.4 Å². The second kappa shape index (κ2) is 9.26. The van der Waals surface area contributed by atoms with Gasteiger partial charge in [-0.1, -0.05) is 18.2 Å². The number of amides is 1. The molecule has 0 unspecified atom stereocenters. The van der Waals surface area contributed by atoms with Crippen LogP contribution < -0.4 is 16.4 Å². The summed E-state index contributed by atoms with van der Waals surface area (Å²) >= 11 is 0. The van der Waals surface area contributed by atoms with Gasteiger partial charge in [-0.15, -0.1) is 0 Å². The SMILES string of the molecule is NC(=O)c1nc(-c2c(F)cccc2F)oc1Nc1ccc(CNCCCO)cc1. The number of carbonyl (C=O) groups is 1. The maximum Gasteiger partial charge on any atom is 0.273 e. The minimum absolute atomic E-state index is 0.107. The summed E-state index contributed by atoms with van der Waals surface area (Å²) < 4.78 is 33.4. The van der Waals surface area contributed by atoms with E-state index in [2.05, 4.69) is 15.6 Å². The van der Waals surface area contributed by atoms with E-state index in [0.29, 0.717) is 25.2 Å². The largest absolute Gasteiger partial charge is 0.419 e. The molecule has 1 aromatic heterocycles. The predicted octanol–water partition coefficient (Wildman–Crippen LogP) is 2.93. The smallest absolute Gasteiger partial charge is 0.273 e. The van der Waals surface area contributed by atoms with Gasteiger partial charge in [0.2, 0.25) is 11.8 Å². The third-order valence-electron chi connectivity index (χ3n) is 4.09. The fourth-order valence-electron chi connectivity index (χ4n) is 2.65. The van der Waals surface area contributed by atoms with Crippen LogP contribution in [0, 0.1) is 11.6 Å². The first-order chi connectivity index (χ1) is 14.0. The standard InChI is InChI=1S/C20H20F2N4O3/c21-14-3-1-4-15(22)16(14)19-26-17(18(23)28)20(29-19)25-13-7-5-12(6-8-13)11-24-9-2-10-27/h1,3-8,24-25,27H,2,9-11H2,(H2,23,28). The fourth-order valence-corrected chi connectivity index (χ4v) is 2.65. The van der Waals surface area contributed by atoms with Gasteiger partial charge in [-0.05, 0) is 42.8 Å². The summed E-state index contributed by atoms with van der Waals surface area (Å²) in [5.41, 5.74) is 6.16. The van der Waals surface area contributed by atoms with Crippen LogP contribution in [-0.4, -0.2) is 29.1 Å². The molecule has 5 N–H and O–H groups in total. The molecule has 2 aromatic carbocycles. The highest BCUT2D eigenvalue weighted by Gasteiger charge is 2.23. The normalized spacial score (nSPS) is 10.9. The van der Waals surface area contributed by atoms with Crippen molar-refractivity contribution in [3.63, 3.8) is 0 Å². The number of carbonyl (C=O) groups excluding carboxylic acids is 1. The summed E-state index contributed by atoms with van der Waals surface area (Å²) in [6.07, 6.45) is 0.673. The van der Waals surface area contributed by atoms with E-state index in [1.165, 1.54) is 6.07 Å². The summed E-state index contributed by atoms with van der Waals surface area (Å²) in [5.74, 6) is -3.13. The number of aromatic nitrogens is 1. The number of benzene rings is 2. The van der Waals surface area contributed by atoms with E-state index in [1.807, 2.05) is 12.1 Å². The minimum Gasteiger partial charge on any atom is -0.419 e. The van der Waals surface area contributed by atoms with Gasteiger partial charge in [-0.2, -0.15) is 0 Å². The number of halogens is 2. The van der Waals surface area contributed by atoms with Gasteiger partial charge < -0.3 is 25.9 Å². The molecule has 0 bridgehead atoms. The van der Waals surface area contributed by atoms with Gasteiger partial charge >= 0.3 is 0 Å².